The molecular formula is C26H37FN2O4. The Bertz CT molecular complexity index is 861. The van der Waals surface area contributed by atoms with E-state index in [-0.39, 0.29) is 17.6 Å². The van der Waals surface area contributed by atoms with E-state index >= 15 is 4.39 Å². The van der Waals surface area contributed by atoms with E-state index in [4.69, 9.17) is 4.74 Å². The third kappa shape index (κ3) is 7.98. The number of halogens is 1. The second-order valence-corrected chi connectivity index (χ2v) is 10.1. The average Bonchev–Trinajstić information content (AvgIpc) is 3.20. The molecule has 1 fully saturated rings. The van der Waals surface area contributed by atoms with Crippen molar-refractivity contribution in [1.82, 2.24) is 10.2 Å². The SMILES string of the molecule is CC(=O)[C@@H]1CCCN1C(=O)[C@H](/C=C(\F)[C@H](CC(C)C)NC(=O)OC(C)(C)C)c1ccccc1. The van der Waals surface area contributed by atoms with Gasteiger partial charge in [-0.25, -0.2) is 9.18 Å². The van der Waals surface area contributed by atoms with Gasteiger partial charge in [-0.15, -0.1) is 0 Å². The Morgan fingerprint density at radius 3 is 2.39 bits per heavy atom. The third-order valence-corrected chi connectivity index (χ3v) is 5.49. The fourth-order valence-electron chi connectivity index (χ4n) is 4.04. The van der Waals surface area contributed by atoms with Gasteiger partial charge < -0.3 is 15.0 Å². The lowest BCUT2D eigenvalue weighted by molar-refractivity contribution is -0.137. The molecule has 1 saturated heterocycles. The quantitative estimate of drug-likeness (QED) is 0.583. The van der Waals surface area contributed by atoms with E-state index in [1.165, 1.54) is 13.0 Å². The van der Waals surface area contributed by atoms with Crippen molar-refractivity contribution in [3.05, 3.63) is 47.8 Å². The molecule has 0 aliphatic carbocycles. The number of likely N-dealkylation sites (tertiary alicyclic amines) is 1. The zero-order valence-corrected chi connectivity index (χ0v) is 20.6. The minimum absolute atomic E-state index is 0.0682. The van der Waals surface area contributed by atoms with Crippen LogP contribution in [0.5, 0.6) is 0 Å². The molecule has 6 nitrogen and oxygen atoms in total. The Labute approximate surface area is 196 Å². The molecular weight excluding hydrogens is 423 g/mol. The number of hydrogen-bond donors (Lipinski definition) is 1. The van der Waals surface area contributed by atoms with Crippen molar-refractivity contribution in [3.63, 3.8) is 0 Å². The molecule has 2 amide bonds. The van der Waals surface area contributed by atoms with Crippen LogP contribution in [0.2, 0.25) is 0 Å². The predicted octanol–water partition coefficient (Wildman–Crippen LogP) is 5.14. The van der Waals surface area contributed by atoms with E-state index in [1.54, 1.807) is 49.9 Å². The number of nitrogens with one attached hydrogen (secondary N) is 1. The zero-order chi connectivity index (χ0) is 24.8. The maximum atomic E-state index is 15.6. The van der Waals surface area contributed by atoms with Gasteiger partial charge in [0.15, 0.2) is 5.78 Å². The van der Waals surface area contributed by atoms with E-state index in [0.29, 0.717) is 24.9 Å². The summed E-state index contributed by atoms with van der Waals surface area (Å²) in [5.74, 6) is -1.79. The van der Waals surface area contributed by atoms with Gasteiger partial charge in [0.2, 0.25) is 5.91 Å². The van der Waals surface area contributed by atoms with E-state index in [9.17, 15) is 14.4 Å². The Kier molecular flexibility index (Phi) is 9.20. The largest absolute Gasteiger partial charge is 0.444 e. The molecule has 0 unspecified atom stereocenters. The number of amides is 2. The Morgan fingerprint density at radius 2 is 1.85 bits per heavy atom. The normalized spacial score (nSPS) is 18.7. The number of benzene rings is 1. The Hall–Kier alpha value is -2.70. The second kappa shape index (κ2) is 11.4. The maximum absolute atomic E-state index is 15.6. The summed E-state index contributed by atoms with van der Waals surface area (Å²) in [6.07, 6.45) is 2.26. The fourth-order valence-corrected chi connectivity index (χ4v) is 4.04. The van der Waals surface area contributed by atoms with Crippen molar-refractivity contribution in [1.29, 1.82) is 0 Å². The van der Waals surface area contributed by atoms with Crippen molar-refractivity contribution in [3.8, 4) is 0 Å². The van der Waals surface area contributed by atoms with Crippen LogP contribution < -0.4 is 5.32 Å². The Balaban J connectivity index is 2.38. The summed E-state index contributed by atoms with van der Waals surface area (Å²) in [4.78, 5) is 39.5. The van der Waals surface area contributed by atoms with Crippen LogP contribution in [-0.4, -0.2) is 46.9 Å². The highest BCUT2D eigenvalue weighted by Gasteiger charge is 2.36. The number of Topliss-reactive ketones (excluding diaryl/α,β-unsaturated/α-hetero) is 1. The van der Waals surface area contributed by atoms with Gasteiger partial charge in [0.25, 0.3) is 0 Å². The molecule has 1 aromatic carbocycles. The van der Waals surface area contributed by atoms with Gasteiger partial charge in [-0.3, -0.25) is 9.59 Å². The number of ether oxygens (including phenoxy) is 1. The molecule has 0 saturated carbocycles. The molecule has 0 radical (unpaired) electrons. The highest BCUT2D eigenvalue weighted by Crippen LogP contribution is 2.29. The highest BCUT2D eigenvalue weighted by molar-refractivity contribution is 5.92. The van der Waals surface area contributed by atoms with Crippen LogP contribution in [0.1, 0.15) is 72.3 Å². The molecule has 1 aromatic rings. The van der Waals surface area contributed by atoms with Crippen molar-refractivity contribution >= 4 is 17.8 Å². The van der Waals surface area contributed by atoms with Crippen LogP contribution in [0.3, 0.4) is 0 Å². The van der Waals surface area contributed by atoms with Gasteiger partial charge in [0.1, 0.15) is 11.4 Å². The lowest BCUT2D eigenvalue weighted by Gasteiger charge is -2.28. The summed E-state index contributed by atoms with van der Waals surface area (Å²) < 4.78 is 20.9. The minimum Gasteiger partial charge on any atom is -0.444 e. The van der Waals surface area contributed by atoms with Crippen LogP contribution in [0, 0.1) is 5.92 Å². The molecule has 1 N–H and O–H groups in total. The van der Waals surface area contributed by atoms with E-state index < -0.39 is 35.5 Å². The molecule has 0 aromatic heterocycles. The molecule has 7 heteroatoms. The lowest BCUT2D eigenvalue weighted by Crippen LogP contribution is -2.42. The summed E-state index contributed by atoms with van der Waals surface area (Å²) >= 11 is 0. The summed E-state index contributed by atoms with van der Waals surface area (Å²) in [6.45, 7) is 11.0. The number of nitrogens with zero attached hydrogens (tertiary/aromatic N) is 1. The molecule has 1 aliphatic heterocycles. The fraction of sp³-hybridized carbons (Fsp3) is 0.577. The highest BCUT2D eigenvalue weighted by atomic mass is 19.1. The van der Waals surface area contributed by atoms with Crippen molar-refractivity contribution in [2.24, 2.45) is 5.92 Å². The molecule has 3 atom stereocenters. The third-order valence-electron chi connectivity index (χ3n) is 5.49. The molecule has 33 heavy (non-hydrogen) atoms. The van der Waals surface area contributed by atoms with Crippen LogP contribution in [-0.2, 0) is 14.3 Å². The standard InChI is InChI=1S/C26H37FN2O4/c1-17(2)15-22(28-25(32)33-26(4,5)6)21(27)16-20(19-11-8-7-9-12-19)24(31)29-14-10-13-23(29)18(3)30/h7-9,11-12,16-17,20,22-23H,10,13-15H2,1-6H3,(H,28,32)/b21-16-/t20-,22+,23+/m1/s1. The van der Waals surface area contributed by atoms with Gasteiger partial charge in [-0.1, -0.05) is 44.2 Å². The molecule has 1 heterocycles. The molecule has 0 spiro atoms. The van der Waals surface area contributed by atoms with Crippen LogP contribution in [0.4, 0.5) is 9.18 Å². The number of ketones is 1. The zero-order valence-electron chi connectivity index (χ0n) is 20.6. The maximum Gasteiger partial charge on any atom is 0.408 e. The van der Waals surface area contributed by atoms with E-state index in [0.717, 1.165) is 6.42 Å². The van der Waals surface area contributed by atoms with Gasteiger partial charge >= 0.3 is 6.09 Å². The topological polar surface area (TPSA) is 75.7 Å². The van der Waals surface area contributed by atoms with Crippen molar-refractivity contribution in [2.45, 2.75) is 84.4 Å². The molecule has 2 rings (SSSR count). The number of hydrogen-bond acceptors (Lipinski definition) is 4. The Morgan fingerprint density at radius 1 is 1.21 bits per heavy atom. The molecule has 1 aliphatic rings. The number of carbonyl (C=O) groups excluding carboxylic acids is 3. The molecule has 0 bridgehead atoms. The van der Waals surface area contributed by atoms with Crippen LogP contribution >= 0.6 is 0 Å². The van der Waals surface area contributed by atoms with Gasteiger partial charge in [0, 0.05) is 6.54 Å². The first-order valence-corrected chi connectivity index (χ1v) is 11.6. The smallest absolute Gasteiger partial charge is 0.408 e. The number of rotatable bonds is 8. The van der Waals surface area contributed by atoms with Crippen molar-refractivity contribution in [2.75, 3.05) is 6.54 Å². The lowest BCUT2D eigenvalue weighted by atomic mass is 9.93. The number of carbonyl (C=O) groups is 3. The first-order chi connectivity index (χ1) is 15.4. The predicted molar refractivity (Wildman–Crippen MR) is 126 cm³/mol. The first-order valence-electron chi connectivity index (χ1n) is 11.6. The van der Waals surface area contributed by atoms with Gasteiger partial charge in [0.05, 0.1) is 18.0 Å². The van der Waals surface area contributed by atoms with Crippen molar-refractivity contribution < 1.29 is 23.5 Å². The summed E-state index contributed by atoms with van der Waals surface area (Å²) in [7, 11) is 0. The molecule has 182 valence electrons. The van der Waals surface area contributed by atoms with Gasteiger partial charge in [-0.2, -0.15) is 0 Å². The second-order valence-electron chi connectivity index (χ2n) is 10.1. The summed E-state index contributed by atoms with van der Waals surface area (Å²) in [5, 5.41) is 2.61. The van der Waals surface area contributed by atoms with Gasteiger partial charge in [-0.05, 0) is 64.5 Å². The monoisotopic (exact) mass is 460 g/mol. The van der Waals surface area contributed by atoms with Crippen LogP contribution in [0.25, 0.3) is 0 Å². The van der Waals surface area contributed by atoms with E-state index in [2.05, 4.69) is 5.32 Å². The van der Waals surface area contributed by atoms with Crippen LogP contribution in [0.15, 0.2) is 42.2 Å². The average molecular weight is 461 g/mol. The summed E-state index contributed by atoms with van der Waals surface area (Å²) in [5.41, 5.74) is -0.0838. The minimum atomic E-state index is -0.930. The number of alkyl carbamates (subject to hydrolysis) is 1. The summed E-state index contributed by atoms with van der Waals surface area (Å²) in [6, 6.07) is 7.53. The first kappa shape index (κ1) is 26.6. The van der Waals surface area contributed by atoms with E-state index in [1.807, 2.05) is 19.9 Å².